The third-order valence-corrected chi connectivity index (χ3v) is 3.77. The minimum Gasteiger partial charge on any atom is -0.354 e. The van der Waals surface area contributed by atoms with Gasteiger partial charge in [-0.25, -0.2) is 9.97 Å². The molecule has 1 heterocycles. The van der Waals surface area contributed by atoms with Crippen LogP contribution in [-0.2, 0) is 0 Å². The van der Waals surface area contributed by atoms with Crippen molar-refractivity contribution in [2.75, 3.05) is 11.9 Å². The number of hydrogen-bond donors (Lipinski definition) is 1. The molecule has 88 valence electrons. The lowest BCUT2D eigenvalue weighted by atomic mass is 9.82. The Morgan fingerprint density at radius 1 is 1.38 bits per heavy atom. The summed E-state index contributed by atoms with van der Waals surface area (Å²) < 4.78 is 1.08. The average Bonchev–Trinajstić information content (AvgIpc) is 2.28. The molecule has 0 spiro atoms. The minimum absolute atomic E-state index is 0.763. The highest BCUT2D eigenvalue weighted by atomic mass is 127. The number of anilines is 1. The van der Waals surface area contributed by atoms with Crippen LogP contribution in [0, 0.1) is 15.4 Å². The molecule has 1 aromatic heterocycles. The van der Waals surface area contributed by atoms with Crippen molar-refractivity contribution in [2.45, 2.75) is 32.6 Å². The van der Waals surface area contributed by atoms with Gasteiger partial charge in [0, 0.05) is 22.5 Å². The Morgan fingerprint density at radius 3 is 2.81 bits per heavy atom. The Bertz CT molecular complexity index is 326. The predicted octanol–water partition coefficient (Wildman–Crippen LogP) is 3.32. The lowest BCUT2D eigenvalue weighted by molar-refractivity contribution is 0.293. The van der Waals surface area contributed by atoms with Crippen LogP contribution in [0.1, 0.15) is 32.6 Å². The summed E-state index contributed by atoms with van der Waals surface area (Å²) >= 11 is 2.22. The maximum atomic E-state index is 4.25. The van der Waals surface area contributed by atoms with Crippen LogP contribution < -0.4 is 5.32 Å². The van der Waals surface area contributed by atoms with E-state index < -0.39 is 0 Å². The summed E-state index contributed by atoms with van der Waals surface area (Å²) in [5.74, 6) is 2.45. The highest BCUT2D eigenvalue weighted by Gasteiger charge is 2.18. The van der Waals surface area contributed by atoms with Crippen LogP contribution in [0.2, 0.25) is 0 Å². The second-order valence-corrected chi connectivity index (χ2v) is 5.99. The van der Waals surface area contributed by atoms with Crippen LogP contribution in [0.4, 0.5) is 5.95 Å². The molecule has 3 nitrogen and oxygen atoms in total. The summed E-state index contributed by atoms with van der Waals surface area (Å²) in [6.45, 7) is 3.37. The van der Waals surface area contributed by atoms with E-state index >= 15 is 0 Å². The summed E-state index contributed by atoms with van der Waals surface area (Å²) in [5.41, 5.74) is 0. The third-order valence-electron chi connectivity index (χ3n) is 3.21. The number of halogens is 1. The molecule has 0 saturated heterocycles. The Labute approximate surface area is 111 Å². The van der Waals surface area contributed by atoms with E-state index in [9.17, 15) is 0 Å². The van der Waals surface area contributed by atoms with E-state index in [1.165, 1.54) is 25.7 Å². The summed E-state index contributed by atoms with van der Waals surface area (Å²) in [5, 5.41) is 3.34. The van der Waals surface area contributed by atoms with Crippen molar-refractivity contribution in [3.05, 3.63) is 16.0 Å². The van der Waals surface area contributed by atoms with Crippen molar-refractivity contribution in [3.63, 3.8) is 0 Å². The molecule has 0 amide bonds. The molecule has 1 N–H and O–H groups in total. The molecule has 2 rings (SSSR count). The normalized spacial score (nSPS) is 25.4. The summed E-state index contributed by atoms with van der Waals surface area (Å²) in [6, 6.07) is 0. The van der Waals surface area contributed by atoms with Crippen LogP contribution in [0.5, 0.6) is 0 Å². The molecule has 0 aromatic carbocycles. The van der Waals surface area contributed by atoms with Gasteiger partial charge in [0.05, 0.1) is 0 Å². The van der Waals surface area contributed by atoms with Gasteiger partial charge in [0.2, 0.25) is 5.95 Å². The zero-order chi connectivity index (χ0) is 11.4. The van der Waals surface area contributed by atoms with Gasteiger partial charge in [-0.05, 0) is 47.3 Å². The largest absolute Gasteiger partial charge is 0.354 e. The van der Waals surface area contributed by atoms with Gasteiger partial charge in [0.25, 0.3) is 0 Å². The van der Waals surface area contributed by atoms with E-state index in [0.717, 1.165) is 27.9 Å². The molecule has 1 aliphatic rings. The molecule has 4 heteroatoms. The standard InChI is InChI=1S/C12H18IN3/c1-9-3-2-4-10(5-9)6-14-12-15-7-11(13)8-16-12/h7-10H,2-6H2,1H3,(H,14,15,16). The second kappa shape index (κ2) is 5.80. The van der Waals surface area contributed by atoms with E-state index in [0.29, 0.717) is 0 Å². The predicted molar refractivity (Wildman–Crippen MR) is 74.4 cm³/mol. The van der Waals surface area contributed by atoms with Crippen molar-refractivity contribution in [2.24, 2.45) is 11.8 Å². The van der Waals surface area contributed by atoms with Crippen molar-refractivity contribution < 1.29 is 0 Å². The highest BCUT2D eigenvalue weighted by Crippen LogP contribution is 2.28. The van der Waals surface area contributed by atoms with Crippen LogP contribution in [0.25, 0.3) is 0 Å². The number of aromatic nitrogens is 2. The summed E-state index contributed by atoms with van der Waals surface area (Å²) in [4.78, 5) is 8.50. The quantitative estimate of drug-likeness (QED) is 0.864. The van der Waals surface area contributed by atoms with E-state index in [-0.39, 0.29) is 0 Å². The topological polar surface area (TPSA) is 37.8 Å². The van der Waals surface area contributed by atoms with E-state index in [1.54, 1.807) is 0 Å². The smallest absolute Gasteiger partial charge is 0.222 e. The van der Waals surface area contributed by atoms with Crippen LogP contribution >= 0.6 is 22.6 Å². The van der Waals surface area contributed by atoms with Gasteiger partial charge in [-0.15, -0.1) is 0 Å². The van der Waals surface area contributed by atoms with Gasteiger partial charge in [0.15, 0.2) is 0 Å². The molecule has 0 aliphatic heterocycles. The van der Waals surface area contributed by atoms with E-state index in [2.05, 4.69) is 44.8 Å². The van der Waals surface area contributed by atoms with Gasteiger partial charge >= 0.3 is 0 Å². The van der Waals surface area contributed by atoms with E-state index in [4.69, 9.17) is 0 Å². The first-order valence-electron chi connectivity index (χ1n) is 5.95. The molecular formula is C12H18IN3. The molecule has 16 heavy (non-hydrogen) atoms. The zero-order valence-corrected chi connectivity index (χ0v) is 11.8. The molecule has 1 fully saturated rings. The first kappa shape index (κ1) is 12.1. The molecule has 1 aliphatic carbocycles. The minimum atomic E-state index is 0.763. The molecular weight excluding hydrogens is 313 g/mol. The Morgan fingerprint density at radius 2 is 2.12 bits per heavy atom. The van der Waals surface area contributed by atoms with Gasteiger partial charge < -0.3 is 5.32 Å². The highest BCUT2D eigenvalue weighted by molar-refractivity contribution is 14.1. The Balaban J connectivity index is 1.80. The first-order valence-corrected chi connectivity index (χ1v) is 7.03. The van der Waals surface area contributed by atoms with Crippen LogP contribution in [-0.4, -0.2) is 16.5 Å². The summed E-state index contributed by atoms with van der Waals surface area (Å²) in [6.07, 6.45) is 9.16. The molecule has 0 radical (unpaired) electrons. The van der Waals surface area contributed by atoms with Crippen molar-refractivity contribution in [3.8, 4) is 0 Å². The lowest BCUT2D eigenvalue weighted by Gasteiger charge is -2.26. The lowest BCUT2D eigenvalue weighted by Crippen LogP contribution is -2.21. The van der Waals surface area contributed by atoms with Crippen molar-refractivity contribution >= 4 is 28.5 Å². The van der Waals surface area contributed by atoms with Crippen LogP contribution in [0.3, 0.4) is 0 Å². The van der Waals surface area contributed by atoms with Gasteiger partial charge in [-0.1, -0.05) is 19.8 Å². The number of nitrogens with zero attached hydrogens (tertiary/aromatic N) is 2. The first-order chi connectivity index (χ1) is 7.74. The van der Waals surface area contributed by atoms with Crippen LogP contribution in [0.15, 0.2) is 12.4 Å². The van der Waals surface area contributed by atoms with Gasteiger partial charge in [0.1, 0.15) is 0 Å². The summed E-state index contributed by atoms with van der Waals surface area (Å²) in [7, 11) is 0. The molecule has 0 bridgehead atoms. The Kier molecular flexibility index (Phi) is 4.37. The fourth-order valence-corrected chi connectivity index (χ4v) is 2.66. The average molecular weight is 331 g/mol. The number of hydrogen-bond acceptors (Lipinski definition) is 3. The van der Waals surface area contributed by atoms with Gasteiger partial charge in [-0.3, -0.25) is 0 Å². The molecule has 1 saturated carbocycles. The maximum absolute atomic E-state index is 4.25. The molecule has 2 unspecified atom stereocenters. The zero-order valence-electron chi connectivity index (χ0n) is 9.62. The number of rotatable bonds is 3. The fraction of sp³-hybridized carbons (Fsp3) is 0.667. The van der Waals surface area contributed by atoms with Crippen molar-refractivity contribution in [1.29, 1.82) is 0 Å². The monoisotopic (exact) mass is 331 g/mol. The fourth-order valence-electron chi connectivity index (χ4n) is 2.38. The van der Waals surface area contributed by atoms with Crippen molar-refractivity contribution in [1.82, 2.24) is 9.97 Å². The number of nitrogens with one attached hydrogen (secondary N) is 1. The maximum Gasteiger partial charge on any atom is 0.222 e. The molecule has 1 aromatic rings. The molecule has 2 atom stereocenters. The Hall–Kier alpha value is -0.390. The SMILES string of the molecule is CC1CCCC(CNc2ncc(I)cn2)C1. The van der Waals surface area contributed by atoms with E-state index in [1.807, 2.05) is 12.4 Å². The second-order valence-electron chi connectivity index (χ2n) is 4.74. The third kappa shape index (κ3) is 3.57. The van der Waals surface area contributed by atoms with Gasteiger partial charge in [-0.2, -0.15) is 0 Å².